The molecule has 3 aliphatic rings. The van der Waals surface area contributed by atoms with Gasteiger partial charge in [0.1, 0.15) is 12.4 Å². The van der Waals surface area contributed by atoms with Crippen molar-refractivity contribution in [3.63, 3.8) is 0 Å². The maximum Gasteiger partial charge on any atom is 0.306 e. The van der Waals surface area contributed by atoms with Crippen molar-refractivity contribution in [2.45, 2.75) is 45.3 Å². The molecular formula is C18H21NO6. The lowest BCUT2D eigenvalue weighted by molar-refractivity contribution is -0.385. The van der Waals surface area contributed by atoms with E-state index in [0.717, 1.165) is 12.3 Å². The molecule has 7 nitrogen and oxygen atoms in total. The Labute approximate surface area is 145 Å². The molecule has 25 heavy (non-hydrogen) atoms. The summed E-state index contributed by atoms with van der Waals surface area (Å²) in [7, 11) is 0. The van der Waals surface area contributed by atoms with Crippen molar-refractivity contribution < 1.29 is 23.9 Å². The van der Waals surface area contributed by atoms with E-state index in [1.807, 2.05) is 0 Å². The van der Waals surface area contributed by atoms with Gasteiger partial charge in [-0.2, -0.15) is 0 Å². The quantitative estimate of drug-likeness (QED) is 0.461. The molecule has 2 bridgehead atoms. The van der Waals surface area contributed by atoms with Crippen molar-refractivity contribution >= 4 is 11.7 Å². The lowest BCUT2D eigenvalue weighted by atomic mass is 9.86. The molecule has 0 unspecified atom stereocenters. The van der Waals surface area contributed by atoms with Crippen LogP contribution in [0.3, 0.4) is 0 Å². The fourth-order valence-corrected chi connectivity index (χ4v) is 4.55. The standard InChI is InChI=1S/C18H21NO6/c20-17(7-13-4-11-1-2-12(13)3-11)24-9-15-6-16(19(21)22)5-14-8-23-10-25-18(14)15/h5-6,11-13H,1-4,7-10H2/t11-,12+,13-/m0/s1. The Morgan fingerprint density at radius 3 is 2.92 bits per heavy atom. The summed E-state index contributed by atoms with van der Waals surface area (Å²) in [4.78, 5) is 22.8. The molecule has 134 valence electrons. The summed E-state index contributed by atoms with van der Waals surface area (Å²) in [5.74, 6) is 2.20. The number of benzene rings is 1. The van der Waals surface area contributed by atoms with Gasteiger partial charge < -0.3 is 14.2 Å². The minimum absolute atomic E-state index is 0.0103. The monoisotopic (exact) mass is 347 g/mol. The van der Waals surface area contributed by atoms with E-state index in [4.69, 9.17) is 14.2 Å². The van der Waals surface area contributed by atoms with Gasteiger partial charge in [-0.25, -0.2) is 0 Å². The summed E-state index contributed by atoms with van der Waals surface area (Å²) >= 11 is 0. The highest BCUT2D eigenvalue weighted by Crippen LogP contribution is 2.49. The average Bonchev–Trinajstić information content (AvgIpc) is 3.22. The van der Waals surface area contributed by atoms with Gasteiger partial charge >= 0.3 is 5.97 Å². The number of nitro groups is 1. The van der Waals surface area contributed by atoms with Gasteiger partial charge in [0.05, 0.1) is 11.5 Å². The molecule has 0 amide bonds. The number of non-ortho nitro benzene ring substituents is 1. The second-order valence-electron chi connectivity index (χ2n) is 7.26. The first-order valence-corrected chi connectivity index (χ1v) is 8.76. The lowest BCUT2D eigenvalue weighted by Crippen LogP contribution is -2.18. The summed E-state index contributed by atoms with van der Waals surface area (Å²) < 4.78 is 16.1. The molecule has 2 aliphatic carbocycles. The van der Waals surface area contributed by atoms with Crippen LogP contribution in [0.25, 0.3) is 0 Å². The minimum Gasteiger partial charge on any atom is -0.467 e. The van der Waals surface area contributed by atoms with Crippen LogP contribution in [-0.4, -0.2) is 17.7 Å². The molecule has 1 aromatic carbocycles. The third-order valence-electron chi connectivity index (χ3n) is 5.68. The number of hydrogen-bond acceptors (Lipinski definition) is 6. The number of esters is 1. The zero-order valence-corrected chi connectivity index (χ0v) is 13.9. The maximum absolute atomic E-state index is 12.2. The van der Waals surface area contributed by atoms with Crippen LogP contribution in [0.4, 0.5) is 5.69 Å². The molecule has 0 spiro atoms. The first-order chi connectivity index (χ1) is 12.1. The topological polar surface area (TPSA) is 87.9 Å². The van der Waals surface area contributed by atoms with Crippen molar-refractivity contribution in [1.29, 1.82) is 0 Å². The minimum atomic E-state index is -0.463. The summed E-state index contributed by atoms with van der Waals surface area (Å²) in [6, 6.07) is 2.85. The van der Waals surface area contributed by atoms with Crippen LogP contribution in [-0.2, 0) is 27.5 Å². The first kappa shape index (κ1) is 16.3. The van der Waals surface area contributed by atoms with Crippen LogP contribution in [0, 0.1) is 27.9 Å². The fourth-order valence-electron chi connectivity index (χ4n) is 4.55. The van der Waals surface area contributed by atoms with E-state index in [-0.39, 0.29) is 31.7 Å². The Hall–Kier alpha value is -2.15. The van der Waals surface area contributed by atoms with E-state index in [1.54, 1.807) is 0 Å². The summed E-state index contributed by atoms with van der Waals surface area (Å²) in [6.45, 7) is 0.337. The molecule has 2 saturated carbocycles. The molecule has 4 rings (SSSR count). The highest BCUT2D eigenvalue weighted by Gasteiger charge is 2.40. The second kappa shape index (κ2) is 6.63. The van der Waals surface area contributed by atoms with Gasteiger partial charge in [0.25, 0.3) is 5.69 Å². The number of hydrogen-bond donors (Lipinski definition) is 0. The van der Waals surface area contributed by atoms with Crippen molar-refractivity contribution in [2.75, 3.05) is 6.79 Å². The van der Waals surface area contributed by atoms with Gasteiger partial charge in [0.15, 0.2) is 6.79 Å². The van der Waals surface area contributed by atoms with Crippen LogP contribution >= 0.6 is 0 Å². The number of carbonyl (C=O) groups excluding carboxylic acids is 1. The smallest absolute Gasteiger partial charge is 0.306 e. The van der Waals surface area contributed by atoms with Crippen molar-refractivity contribution in [3.05, 3.63) is 33.4 Å². The van der Waals surface area contributed by atoms with E-state index in [9.17, 15) is 14.9 Å². The van der Waals surface area contributed by atoms with Crippen LogP contribution in [0.5, 0.6) is 5.75 Å². The van der Waals surface area contributed by atoms with E-state index < -0.39 is 4.92 Å². The Morgan fingerprint density at radius 2 is 2.20 bits per heavy atom. The van der Waals surface area contributed by atoms with Crippen LogP contribution in [0.2, 0.25) is 0 Å². The Bertz CT molecular complexity index is 703. The highest BCUT2D eigenvalue weighted by molar-refractivity contribution is 5.70. The number of nitro benzene ring substituents is 1. The van der Waals surface area contributed by atoms with Gasteiger partial charge in [-0.05, 0) is 37.0 Å². The molecule has 7 heteroatoms. The number of ether oxygens (including phenoxy) is 3. The first-order valence-electron chi connectivity index (χ1n) is 8.76. The predicted octanol–water partition coefficient (Wildman–Crippen LogP) is 3.33. The maximum atomic E-state index is 12.2. The van der Waals surface area contributed by atoms with E-state index >= 15 is 0 Å². The predicted molar refractivity (Wildman–Crippen MR) is 86.7 cm³/mol. The van der Waals surface area contributed by atoms with Gasteiger partial charge in [0.2, 0.25) is 0 Å². The average molecular weight is 347 g/mol. The Kier molecular flexibility index (Phi) is 4.33. The second-order valence-corrected chi connectivity index (χ2v) is 7.26. The van der Waals surface area contributed by atoms with E-state index in [0.29, 0.717) is 35.1 Å². The molecule has 0 N–H and O–H groups in total. The lowest BCUT2D eigenvalue weighted by Gasteiger charge is -2.22. The fraction of sp³-hybridized carbons (Fsp3) is 0.611. The van der Waals surface area contributed by atoms with Gasteiger partial charge in [0, 0.05) is 29.7 Å². The third kappa shape index (κ3) is 3.33. The van der Waals surface area contributed by atoms with E-state index in [2.05, 4.69) is 0 Å². The van der Waals surface area contributed by atoms with Crippen LogP contribution in [0.15, 0.2) is 12.1 Å². The molecule has 3 atom stereocenters. The van der Waals surface area contributed by atoms with Gasteiger partial charge in [-0.15, -0.1) is 0 Å². The number of nitrogens with zero attached hydrogens (tertiary/aromatic N) is 1. The molecule has 0 saturated heterocycles. The molecule has 0 radical (unpaired) electrons. The van der Waals surface area contributed by atoms with Crippen LogP contribution in [0.1, 0.15) is 43.2 Å². The highest BCUT2D eigenvalue weighted by atomic mass is 16.7. The molecule has 1 aromatic rings. The summed E-state index contributed by atoms with van der Waals surface area (Å²) in [5.41, 5.74) is 1.08. The Morgan fingerprint density at radius 1 is 1.32 bits per heavy atom. The summed E-state index contributed by atoms with van der Waals surface area (Å²) in [6.07, 6.45) is 5.36. The van der Waals surface area contributed by atoms with Crippen molar-refractivity contribution in [3.8, 4) is 5.75 Å². The zero-order valence-electron chi connectivity index (χ0n) is 13.9. The molecule has 2 fully saturated rings. The number of rotatable bonds is 5. The van der Waals surface area contributed by atoms with Gasteiger partial charge in [-0.1, -0.05) is 6.42 Å². The molecular weight excluding hydrogens is 326 g/mol. The SMILES string of the molecule is O=C(C[C@@H]1C[C@H]2CC[C@@H]1C2)OCc1cc([N+](=O)[O-])cc2c1OCOC2. The normalized spacial score (nSPS) is 26.8. The van der Waals surface area contributed by atoms with Gasteiger partial charge in [-0.3, -0.25) is 14.9 Å². The number of fused-ring (bicyclic) bond motifs is 3. The van der Waals surface area contributed by atoms with Crippen LogP contribution < -0.4 is 4.74 Å². The molecule has 0 aromatic heterocycles. The molecule has 1 heterocycles. The van der Waals surface area contributed by atoms with Crippen molar-refractivity contribution in [2.24, 2.45) is 17.8 Å². The summed E-state index contributed by atoms with van der Waals surface area (Å²) in [5, 5.41) is 11.1. The van der Waals surface area contributed by atoms with Crippen molar-refractivity contribution in [1.82, 2.24) is 0 Å². The van der Waals surface area contributed by atoms with E-state index in [1.165, 1.54) is 31.4 Å². The largest absolute Gasteiger partial charge is 0.467 e. The number of carbonyl (C=O) groups is 1. The third-order valence-corrected chi connectivity index (χ3v) is 5.68. The zero-order chi connectivity index (χ0) is 17.4. The molecule has 1 aliphatic heterocycles. The Balaban J connectivity index is 1.42.